The monoisotopic (exact) mass is 386 g/mol. The van der Waals surface area contributed by atoms with Crippen LogP contribution in [0, 0.1) is 13.8 Å². The summed E-state index contributed by atoms with van der Waals surface area (Å²) < 4.78 is 10.4. The van der Waals surface area contributed by atoms with Gasteiger partial charge in [0, 0.05) is 19.3 Å². The van der Waals surface area contributed by atoms with Gasteiger partial charge in [0.2, 0.25) is 0 Å². The maximum Gasteiger partial charge on any atom is 0.355 e. The predicted molar refractivity (Wildman–Crippen MR) is 104 cm³/mol. The Morgan fingerprint density at radius 1 is 1.11 bits per heavy atom. The van der Waals surface area contributed by atoms with Crippen LogP contribution in [-0.4, -0.2) is 47.5 Å². The molecule has 1 unspecified atom stereocenters. The number of carbonyl (C=O) groups excluding carboxylic acids is 3. The highest BCUT2D eigenvalue weighted by molar-refractivity contribution is 5.99. The van der Waals surface area contributed by atoms with Crippen molar-refractivity contribution >= 4 is 17.8 Å². The first kappa shape index (κ1) is 21.2. The molecule has 0 fully saturated rings. The summed E-state index contributed by atoms with van der Waals surface area (Å²) in [7, 11) is 1.66. The van der Waals surface area contributed by atoms with Crippen LogP contribution in [0.25, 0.3) is 0 Å². The number of esters is 2. The predicted octanol–water partition coefficient (Wildman–Crippen LogP) is 3.01. The van der Waals surface area contributed by atoms with Gasteiger partial charge in [-0.2, -0.15) is 0 Å². The van der Waals surface area contributed by atoms with Crippen LogP contribution in [0.5, 0.6) is 0 Å². The van der Waals surface area contributed by atoms with Crippen molar-refractivity contribution in [3.63, 3.8) is 0 Å². The minimum absolute atomic E-state index is 0.144. The number of ether oxygens (including phenoxy) is 2. The fourth-order valence-corrected chi connectivity index (χ4v) is 2.98. The summed E-state index contributed by atoms with van der Waals surface area (Å²) in [6, 6.07) is 9.54. The molecule has 0 saturated heterocycles. The molecule has 28 heavy (non-hydrogen) atoms. The molecule has 2 aromatic rings. The van der Waals surface area contributed by atoms with E-state index in [9.17, 15) is 14.4 Å². The van der Waals surface area contributed by atoms with Gasteiger partial charge in [0.1, 0.15) is 5.69 Å². The van der Waals surface area contributed by atoms with Crippen molar-refractivity contribution in [1.82, 2.24) is 9.88 Å². The first-order chi connectivity index (χ1) is 13.3. The maximum absolute atomic E-state index is 12.5. The van der Waals surface area contributed by atoms with Crippen LogP contribution in [0.4, 0.5) is 0 Å². The van der Waals surface area contributed by atoms with Gasteiger partial charge in [-0.25, -0.2) is 9.59 Å². The van der Waals surface area contributed by atoms with Gasteiger partial charge in [-0.05, 0) is 38.8 Å². The van der Waals surface area contributed by atoms with Crippen molar-refractivity contribution in [2.45, 2.75) is 40.3 Å². The normalized spacial score (nSPS) is 11.6. The Balaban J connectivity index is 2.06. The smallest absolute Gasteiger partial charge is 0.355 e. The van der Waals surface area contributed by atoms with Crippen molar-refractivity contribution < 1.29 is 23.9 Å². The van der Waals surface area contributed by atoms with Crippen molar-refractivity contribution in [2.24, 2.45) is 0 Å². The van der Waals surface area contributed by atoms with E-state index in [0.29, 0.717) is 23.4 Å². The fourth-order valence-electron chi connectivity index (χ4n) is 2.98. The number of hydrogen-bond donors (Lipinski definition) is 1. The number of benzene rings is 1. The molecule has 0 saturated carbocycles. The zero-order chi connectivity index (χ0) is 20.8. The number of aromatic nitrogens is 1. The second kappa shape index (κ2) is 9.21. The van der Waals surface area contributed by atoms with Gasteiger partial charge in [0.15, 0.2) is 6.10 Å². The average molecular weight is 386 g/mol. The molecular formula is C21H26N2O5. The van der Waals surface area contributed by atoms with Gasteiger partial charge in [-0.1, -0.05) is 30.3 Å². The number of H-pyrrole nitrogens is 1. The lowest BCUT2D eigenvalue weighted by Gasteiger charge is -2.21. The summed E-state index contributed by atoms with van der Waals surface area (Å²) in [5.74, 6) is -1.51. The SMILES string of the molecule is CCOC(=O)c1c(C)[nH]c(C(=O)OC(C)C(=O)N(C)Cc2ccccc2)c1C. The molecule has 7 heteroatoms. The van der Waals surface area contributed by atoms with E-state index < -0.39 is 18.0 Å². The highest BCUT2D eigenvalue weighted by Crippen LogP contribution is 2.20. The van der Waals surface area contributed by atoms with Crippen molar-refractivity contribution in [3.8, 4) is 0 Å². The minimum Gasteiger partial charge on any atom is -0.462 e. The molecule has 7 nitrogen and oxygen atoms in total. The molecule has 0 bridgehead atoms. The van der Waals surface area contributed by atoms with Gasteiger partial charge in [0.25, 0.3) is 5.91 Å². The highest BCUT2D eigenvalue weighted by atomic mass is 16.5. The second-order valence-electron chi connectivity index (χ2n) is 6.57. The summed E-state index contributed by atoms with van der Waals surface area (Å²) >= 11 is 0. The van der Waals surface area contributed by atoms with E-state index in [-0.39, 0.29) is 18.2 Å². The molecular weight excluding hydrogens is 360 g/mol. The van der Waals surface area contributed by atoms with Crippen molar-refractivity contribution in [2.75, 3.05) is 13.7 Å². The largest absolute Gasteiger partial charge is 0.462 e. The second-order valence-corrected chi connectivity index (χ2v) is 6.57. The van der Waals surface area contributed by atoms with Gasteiger partial charge >= 0.3 is 11.9 Å². The molecule has 150 valence electrons. The molecule has 0 aliphatic carbocycles. The molecule has 0 aliphatic heterocycles. The van der Waals surface area contributed by atoms with Gasteiger partial charge in [0.05, 0.1) is 12.2 Å². The van der Waals surface area contributed by atoms with Gasteiger partial charge in [-0.3, -0.25) is 4.79 Å². The summed E-state index contributed by atoms with van der Waals surface area (Å²) in [6.07, 6.45) is -0.963. The topological polar surface area (TPSA) is 88.7 Å². The van der Waals surface area contributed by atoms with Crippen LogP contribution < -0.4 is 0 Å². The Morgan fingerprint density at radius 2 is 1.75 bits per heavy atom. The Bertz CT molecular complexity index is 857. The van der Waals surface area contributed by atoms with Crippen LogP contribution in [0.2, 0.25) is 0 Å². The van der Waals surface area contributed by atoms with Gasteiger partial charge < -0.3 is 19.4 Å². The first-order valence-corrected chi connectivity index (χ1v) is 9.12. The Kier molecular flexibility index (Phi) is 6.98. The summed E-state index contributed by atoms with van der Waals surface area (Å²) in [5, 5.41) is 0. The number of carbonyl (C=O) groups is 3. The molecule has 1 N–H and O–H groups in total. The molecule has 1 heterocycles. The zero-order valence-electron chi connectivity index (χ0n) is 16.9. The standard InChI is InChI=1S/C21H26N2O5/c1-6-27-20(25)17-13(2)18(22-14(17)3)21(26)28-15(4)19(24)23(5)12-16-10-8-7-9-11-16/h7-11,15,22H,6,12H2,1-5H3. The molecule has 1 aromatic carbocycles. The lowest BCUT2D eigenvalue weighted by Crippen LogP contribution is -2.37. The lowest BCUT2D eigenvalue weighted by atomic mass is 10.1. The third-order valence-electron chi connectivity index (χ3n) is 4.39. The molecule has 1 aromatic heterocycles. The minimum atomic E-state index is -0.963. The molecule has 0 spiro atoms. The number of rotatable bonds is 7. The Morgan fingerprint density at radius 3 is 2.36 bits per heavy atom. The summed E-state index contributed by atoms with van der Waals surface area (Å²) in [4.78, 5) is 41.5. The van der Waals surface area contributed by atoms with Crippen LogP contribution in [0.15, 0.2) is 30.3 Å². The van der Waals surface area contributed by atoms with Crippen LogP contribution >= 0.6 is 0 Å². The molecule has 1 amide bonds. The van der Waals surface area contributed by atoms with Gasteiger partial charge in [-0.15, -0.1) is 0 Å². The number of nitrogens with zero attached hydrogens (tertiary/aromatic N) is 1. The number of aryl methyl sites for hydroxylation is 1. The number of hydrogen-bond acceptors (Lipinski definition) is 5. The zero-order valence-corrected chi connectivity index (χ0v) is 16.9. The lowest BCUT2D eigenvalue weighted by molar-refractivity contribution is -0.139. The molecule has 2 rings (SSSR count). The van der Waals surface area contributed by atoms with E-state index >= 15 is 0 Å². The van der Waals surface area contributed by atoms with E-state index in [1.54, 1.807) is 27.8 Å². The highest BCUT2D eigenvalue weighted by Gasteiger charge is 2.27. The Labute approximate surface area is 164 Å². The third-order valence-corrected chi connectivity index (χ3v) is 4.39. The average Bonchev–Trinajstić information content (AvgIpc) is 2.96. The molecule has 1 atom stereocenters. The van der Waals surface area contributed by atoms with Crippen molar-refractivity contribution in [1.29, 1.82) is 0 Å². The number of nitrogens with one attached hydrogen (secondary N) is 1. The molecule has 0 aliphatic rings. The van der Waals surface area contributed by atoms with Crippen molar-refractivity contribution in [3.05, 3.63) is 58.4 Å². The van der Waals surface area contributed by atoms with Crippen LogP contribution in [0.1, 0.15) is 51.5 Å². The Hall–Kier alpha value is -3.09. The van der Waals surface area contributed by atoms with E-state index in [4.69, 9.17) is 9.47 Å². The number of aromatic amines is 1. The quantitative estimate of drug-likeness (QED) is 0.739. The van der Waals surface area contributed by atoms with E-state index in [1.807, 2.05) is 30.3 Å². The van der Waals surface area contributed by atoms with Crippen LogP contribution in [-0.2, 0) is 20.8 Å². The summed E-state index contributed by atoms with van der Waals surface area (Å²) in [6.45, 7) is 7.21. The fraction of sp³-hybridized carbons (Fsp3) is 0.381. The van der Waals surface area contributed by atoms with Crippen LogP contribution in [0.3, 0.4) is 0 Å². The maximum atomic E-state index is 12.5. The van der Waals surface area contributed by atoms with E-state index in [0.717, 1.165) is 5.56 Å². The molecule has 0 radical (unpaired) electrons. The first-order valence-electron chi connectivity index (χ1n) is 9.12. The number of amides is 1. The third kappa shape index (κ3) is 4.79. The van der Waals surface area contributed by atoms with E-state index in [2.05, 4.69) is 4.98 Å². The summed E-state index contributed by atoms with van der Waals surface area (Å²) in [5.41, 5.74) is 2.40. The van der Waals surface area contributed by atoms with E-state index in [1.165, 1.54) is 11.8 Å². The number of likely N-dealkylation sites (N-methyl/N-ethyl adjacent to an activating group) is 1.